The van der Waals surface area contributed by atoms with Gasteiger partial charge in [-0.1, -0.05) is 6.07 Å². The van der Waals surface area contributed by atoms with Crippen LogP contribution in [-0.2, 0) is 4.79 Å². The van der Waals surface area contributed by atoms with Crippen molar-refractivity contribution in [2.24, 2.45) is 0 Å². The topological polar surface area (TPSA) is 84.0 Å². The normalized spacial score (nSPS) is 10.6. The minimum Gasteiger partial charge on any atom is -0.342 e. The highest BCUT2D eigenvalue weighted by atomic mass is 32.1. The maximum Gasteiger partial charge on any atom is 0.263 e. The van der Waals surface area contributed by atoms with Gasteiger partial charge in [-0.05, 0) is 31.2 Å². The Morgan fingerprint density at radius 1 is 1.11 bits per heavy atom. The van der Waals surface area contributed by atoms with E-state index in [0.717, 1.165) is 17.4 Å². The average Bonchev–Trinajstić information content (AvgIpc) is 3.09. The van der Waals surface area contributed by atoms with Crippen molar-refractivity contribution in [3.63, 3.8) is 0 Å². The number of carbonyl (C=O) groups is 2. The molecule has 0 saturated heterocycles. The second-order valence-corrected chi connectivity index (χ2v) is 6.60. The summed E-state index contributed by atoms with van der Waals surface area (Å²) in [6.07, 6.45) is 1.60. The fourth-order valence-electron chi connectivity index (χ4n) is 2.26. The Hall–Kier alpha value is -3.27. The maximum atomic E-state index is 13.6. The number of carbonyl (C=O) groups excluding carboxylic acids is 2. The predicted octanol–water partition coefficient (Wildman–Crippen LogP) is 3.30. The van der Waals surface area contributed by atoms with Gasteiger partial charge in [0.15, 0.2) is 17.5 Å². The lowest BCUT2D eigenvalue weighted by Gasteiger charge is -2.08. The van der Waals surface area contributed by atoms with Gasteiger partial charge in [0.1, 0.15) is 9.88 Å². The molecular formula is C18H13F3N4O2S. The number of nitrogens with one attached hydrogen (secondary N) is 2. The van der Waals surface area contributed by atoms with Crippen LogP contribution >= 0.6 is 11.3 Å². The standard InChI is InChI=1S/C18H13F3N4O2S/c1-9-16(28-18(24-9)12-4-2-3-7-22-12)17(27)23-8-13(26)25-11-6-5-10(19)14(20)15(11)21/h2-7H,8H2,1H3,(H,23,27)(H,25,26). The van der Waals surface area contributed by atoms with Crippen LogP contribution in [0.3, 0.4) is 0 Å². The number of halogens is 3. The maximum absolute atomic E-state index is 13.6. The van der Waals surface area contributed by atoms with Crippen molar-refractivity contribution in [2.45, 2.75) is 6.92 Å². The quantitative estimate of drug-likeness (QED) is 0.637. The van der Waals surface area contributed by atoms with Crippen LogP contribution in [0.1, 0.15) is 15.4 Å². The molecule has 28 heavy (non-hydrogen) atoms. The van der Waals surface area contributed by atoms with Gasteiger partial charge in [0.2, 0.25) is 5.91 Å². The lowest BCUT2D eigenvalue weighted by molar-refractivity contribution is -0.115. The second-order valence-electron chi connectivity index (χ2n) is 5.60. The molecule has 2 heterocycles. The number of hydrogen-bond donors (Lipinski definition) is 2. The molecule has 1 aromatic carbocycles. The van der Waals surface area contributed by atoms with E-state index in [1.807, 2.05) is 0 Å². The van der Waals surface area contributed by atoms with E-state index in [9.17, 15) is 22.8 Å². The average molecular weight is 406 g/mol. The van der Waals surface area contributed by atoms with Gasteiger partial charge in [-0.25, -0.2) is 18.2 Å². The molecule has 0 aliphatic rings. The molecule has 0 fully saturated rings. The third-order valence-corrected chi connectivity index (χ3v) is 4.78. The van der Waals surface area contributed by atoms with Crippen LogP contribution in [0.4, 0.5) is 18.9 Å². The van der Waals surface area contributed by atoms with E-state index < -0.39 is 41.5 Å². The van der Waals surface area contributed by atoms with Gasteiger partial charge in [0, 0.05) is 6.20 Å². The molecule has 3 rings (SSSR count). The Kier molecular flexibility index (Phi) is 5.69. The molecule has 6 nitrogen and oxygen atoms in total. The molecule has 144 valence electrons. The molecule has 0 aliphatic carbocycles. The molecule has 3 aromatic rings. The predicted molar refractivity (Wildman–Crippen MR) is 97.4 cm³/mol. The largest absolute Gasteiger partial charge is 0.342 e. The van der Waals surface area contributed by atoms with E-state index in [4.69, 9.17) is 0 Å². The molecule has 0 saturated carbocycles. The number of rotatable bonds is 5. The van der Waals surface area contributed by atoms with Gasteiger partial charge in [0.05, 0.1) is 23.6 Å². The van der Waals surface area contributed by atoms with E-state index >= 15 is 0 Å². The lowest BCUT2D eigenvalue weighted by atomic mass is 10.2. The highest BCUT2D eigenvalue weighted by molar-refractivity contribution is 7.17. The van der Waals surface area contributed by atoms with Crippen molar-refractivity contribution in [3.05, 3.63) is 64.6 Å². The zero-order valence-electron chi connectivity index (χ0n) is 14.4. The first-order valence-corrected chi connectivity index (χ1v) is 8.79. The van der Waals surface area contributed by atoms with Crippen molar-refractivity contribution in [2.75, 3.05) is 11.9 Å². The monoisotopic (exact) mass is 406 g/mol. The van der Waals surface area contributed by atoms with Crippen molar-refractivity contribution >= 4 is 28.8 Å². The minimum absolute atomic E-state index is 0.299. The molecule has 0 bridgehead atoms. The highest BCUT2D eigenvalue weighted by Gasteiger charge is 2.19. The van der Waals surface area contributed by atoms with Crippen molar-refractivity contribution in [1.29, 1.82) is 0 Å². The molecule has 0 atom stereocenters. The van der Waals surface area contributed by atoms with Gasteiger partial charge in [0.25, 0.3) is 5.91 Å². The number of thiazole rings is 1. The van der Waals surface area contributed by atoms with Gasteiger partial charge in [-0.2, -0.15) is 0 Å². The van der Waals surface area contributed by atoms with Crippen molar-refractivity contribution in [3.8, 4) is 10.7 Å². The number of aromatic nitrogens is 2. The number of nitrogens with zero attached hydrogens (tertiary/aromatic N) is 2. The summed E-state index contributed by atoms with van der Waals surface area (Å²) < 4.78 is 39.7. The summed E-state index contributed by atoms with van der Waals surface area (Å²) in [5.74, 6) is -5.92. The van der Waals surface area contributed by atoms with Crippen LogP contribution in [-0.4, -0.2) is 28.3 Å². The molecule has 0 radical (unpaired) electrons. The summed E-state index contributed by atoms with van der Waals surface area (Å²) in [7, 11) is 0. The summed E-state index contributed by atoms with van der Waals surface area (Å²) in [6, 6.07) is 6.88. The summed E-state index contributed by atoms with van der Waals surface area (Å²) in [4.78, 5) is 32.9. The van der Waals surface area contributed by atoms with Gasteiger partial charge < -0.3 is 10.6 Å². The second kappa shape index (κ2) is 8.17. The van der Waals surface area contributed by atoms with E-state index in [1.165, 1.54) is 0 Å². The van der Waals surface area contributed by atoms with Gasteiger partial charge in [-0.15, -0.1) is 11.3 Å². The van der Waals surface area contributed by atoms with Crippen molar-refractivity contribution < 1.29 is 22.8 Å². The number of amides is 2. The Labute approximate surface area is 161 Å². The van der Waals surface area contributed by atoms with E-state index in [0.29, 0.717) is 27.3 Å². The molecule has 2 amide bonds. The summed E-state index contributed by atoms with van der Waals surface area (Å²) >= 11 is 1.11. The molecule has 0 aliphatic heterocycles. The Balaban J connectivity index is 1.64. The molecule has 2 N–H and O–H groups in total. The van der Waals surface area contributed by atoms with Crippen LogP contribution in [0.5, 0.6) is 0 Å². The van der Waals surface area contributed by atoms with Crippen LogP contribution in [0.25, 0.3) is 10.7 Å². The van der Waals surface area contributed by atoms with Gasteiger partial charge >= 0.3 is 0 Å². The number of pyridine rings is 1. The SMILES string of the molecule is Cc1nc(-c2ccccn2)sc1C(=O)NCC(=O)Nc1ccc(F)c(F)c1F. The third-order valence-electron chi connectivity index (χ3n) is 3.61. The minimum atomic E-state index is -1.69. The molecule has 10 heteroatoms. The van der Waals surface area contributed by atoms with E-state index in [1.54, 1.807) is 31.3 Å². The summed E-state index contributed by atoms with van der Waals surface area (Å²) in [5, 5.41) is 5.00. The number of hydrogen-bond acceptors (Lipinski definition) is 5. The first-order valence-electron chi connectivity index (χ1n) is 7.97. The first kappa shape index (κ1) is 19.5. The number of anilines is 1. The van der Waals surface area contributed by atoms with E-state index in [2.05, 4.69) is 20.6 Å². The number of benzene rings is 1. The third kappa shape index (κ3) is 4.17. The molecule has 0 unspecified atom stereocenters. The summed E-state index contributed by atoms with van der Waals surface area (Å²) in [6.45, 7) is 1.15. The molecule has 0 spiro atoms. The lowest BCUT2D eigenvalue weighted by Crippen LogP contribution is -2.33. The molecular weight excluding hydrogens is 393 g/mol. The van der Waals surface area contributed by atoms with Crippen LogP contribution in [0.2, 0.25) is 0 Å². The highest BCUT2D eigenvalue weighted by Crippen LogP contribution is 2.26. The Bertz CT molecular complexity index is 1040. The first-order chi connectivity index (χ1) is 13.4. The Morgan fingerprint density at radius 2 is 1.89 bits per heavy atom. The smallest absolute Gasteiger partial charge is 0.263 e. The Morgan fingerprint density at radius 3 is 2.61 bits per heavy atom. The summed E-state index contributed by atoms with van der Waals surface area (Å²) in [5.41, 5.74) is 0.556. The fourth-order valence-corrected chi connectivity index (χ4v) is 3.22. The van der Waals surface area contributed by atoms with Crippen LogP contribution < -0.4 is 10.6 Å². The number of aryl methyl sites for hydroxylation is 1. The zero-order chi connectivity index (χ0) is 20.3. The van der Waals surface area contributed by atoms with E-state index in [-0.39, 0.29) is 0 Å². The molecule has 2 aromatic heterocycles. The van der Waals surface area contributed by atoms with Crippen LogP contribution in [0.15, 0.2) is 36.5 Å². The zero-order valence-corrected chi connectivity index (χ0v) is 15.2. The van der Waals surface area contributed by atoms with Crippen molar-refractivity contribution in [1.82, 2.24) is 15.3 Å². The fraction of sp³-hybridized carbons (Fsp3) is 0.111. The van der Waals surface area contributed by atoms with Gasteiger partial charge in [-0.3, -0.25) is 14.6 Å². The van der Waals surface area contributed by atoms with Crippen LogP contribution in [0, 0.1) is 24.4 Å².